The third-order valence-electron chi connectivity index (χ3n) is 6.21. The van der Waals surface area contributed by atoms with Crippen molar-refractivity contribution < 1.29 is 19.6 Å². The Morgan fingerprint density at radius 3 is 2.68 bits per heavy atom. The van der Waals surface area contributed by atoms with Crippen molar-refractivity contribution >= 4 is 28.8 Å². The number of non-ortho nitro benzene ring substituents is 1. The SMILES string of the molecule is CN1C(=O)C(Cc2c[nH]c3cccc([N+](=O)[O-])c23)N(C)C1(C=O)Cc1cccc(O)c1. The Morgan fingerprint density at radius 2 is 2.00 bits per heavy atom. The number of benzene rings is 2. The molecule has 9 heteroatoms. The van der Waals surface area contributed by atoms with Gasteiger partial charge in [-0.15, -0.1) is 0 Å². The van der Waals surface area contributed by atoms with Crippen LogP contribution in [-0.4, -0.2) is 62.8 Å². The fourth-order valence-corrected chi connectivity index (χ4v) is 4.48. The molecule has 2 N–H and O–H groups in total. The van der Waals surface area contributed by atoms with Crippen molar-refractivity contribution in [2.24, 2.45) is 0 Å². The van der Waals surface area contributed by atoms with Gasteiger partial charge >= 0.3 is 0 Å². The third kappa shape index (κ3) is 3.23. The number of H-pyrrole nitrogens is 1. The van der Waals surface area contributed by atoms with Gasteiger partial charge in [-0.25, -0.2) is 0 Å². The van der Waals surface area contributed by atoms with E-state index in [4.69, 9.17) is 0 Å². The van der Waals surface area contributed by atoms with Crippen molar-refractivity contribution in [2.75, 3.05) is 14.1 Å². The third-order valence-corrected chi connectivity index (χ3v) is 6.21. The van der Waals surface area contributed by atoms with Crippen LogP contribution in [0.1, 0.15) is 11.1 Å². The molecular formula is C22H22N4O5. The van der Waals surface area contributed by atoms with E-state index in [0.29, 0.717) is 22.0 Å². The van der Waals surface area contributed by atoms with Gasteiger partial charge in [-0.3, -0.25) is 24.6 Å². The fraction of sp³-hybridized carbons (Fsp3) is 0.273. The predicted molar refractivity (Wildman–Crippen MR) is 114 cm³/mol. The lowest BCUT2D eigenvalue weighted by atomic mass is 9.98. The smallest absolute Gasteiger partial charge is 0.279 e. The van der Waals surface area contributed by atoms with Gasteiger partial charge in [0.25, 0.3) is 5.69 Å². The number of nitrogens with zero attached hydrogens (tertiary/aromatic N) is 3. The van der Waals surface area contributed by atoms with Crippen LogP contribution < -0.4 is 0 Å². The van der Waals surface area contributed by atoms with Crippen LogP contribution in [0.2, 0.25) is 0 Å². The first kappa shape index (κ1) is 20.5. The number of nitro benzene ring substituents is 1. The molecule has 2 unspecified atom stereocenters. The molecule has 1 aliphatic rings. The minimum atomic E-state index is -1.23. The molecule has 0 spiro atoms. The van der Waals surface area contributed by atoms with Crippen LogP contribution in [0.4, 0.5) is 5.69 Å². The Morgan fingerprint density at radius 1 is 1.26 bits per heavy atom. The largest absolute Gasteiger partial charge is 0.508 e. The second-order valence-corrected chi connectivity index (χ2v) is 7.84. The first-order chi connectivity index (χ1) is 14.8. The fourth-order valence-electron chi connectivity index (χ4n) is 4.48. The molecule has 1 saturated heterocycles. The van der Waals surface area contributed by atoms with Gasteiger partial charge < -0.3 is 15.0 Å². The number of aromatic amines is 1. The van der Waals surface area contributed by atoms with Gasteiger partial charge in [0.2, 0.25) is 5.91 Å². The standard InChI is InChI=1S/C22H22N4O5/c1-24-19(10-15-12-23-17-7-4-8-18(20(15)17)26(30)31)21(29)25(2)22(24,13-27)11-14-5-3-6-16(28)9-14/h3-9,12-13,19,23,28H,10-11H2,1-2H3. The maximum Gasteiger partial charge on any atom is 0.279 e. The van der Waals surface area contributed by atoms with Crippen LogP contribution in [0.15, 0.2) is 48.7 Å². The molecule has 9 nitrogen and oxygen atoms in total. The molecule has 1 fully saturated rings. The van der Waals surface area contributed by atoms with Gasteiger partial charge in [-0.05, 0) is 42.8 Å². The molecule has 2 atom stereocenters. The van der Waals surface area contributed by atoms with E-state index in [2.05, 4.69) is 4.98 Å². The topological polar surface area (TPSA) is 120 Å². The van der Waals surface area contributed by atoms with Crippen molar-refractivity contribution in [3.63, 3.8) is 0 Å². The summed E-state index contributed by atoms with van der Waals surface area (Å²) in [5.41, 5.74) is 0.707. The van der Waals surface area contributed by atoms with Gasteiger partial charge in [-0.1, -0.05) is 18.2 Å². The number of carbonyl (C=O) groups is 2. The molecule has 1 amide bonds. The number of rotatable bonds is 6. The van der Waals surface area contributed by atoms with E-state index in [1.165, 1.54) is 17.0 Å². The Balaban J connectivity index is 1.71. The van der Waals surface area contributed by atoms with Crippen LogP contribution in [0.3, 0.4) is 0 Å². The molecule has 2 heterocycles. The van der Waals surface area contributed by atoms with E-state index < -0.39 is 16.6 Å². The molecule has 160 valence electrons. The lowest BCUT2D eigenvalue weighted by molar-refractivity contribution is -0.383. The van der Waals surface area contributed by atoms with E-state index in [9.17, 15) is 24.8 Å². The quantitative estimate of drug-likeness (QED) is 0.357. The molecule has 0 aliphatic carbocycles. The highest BCUT2D eigenvalue weighted by Gasteiger charge is 2.53. The molecular weight excluding hydrogens is 400 g/mol. The van der Waals surface area contributed by atoms with E-state index >= 15 is 0 Å². The van der Waals surface area contributed by atoms with Gasteiger partial charge in [-0.2, -0.15) is 0 Å². The number of nitro groups is 1. The van der Waals surface area contributed by atoms with Crippen molar-refractivity contribution in [3.8, 4) is 5.75 Å². The van der Waals surface area contributed by atoms with Gasteiger partial charge in [0.1, 0.15) is 5.75 Å². The number of hydrogen-bond donors (Lipinski definition) is 2. The van der Waals surface area contributed by atoms with Gasteiger partial charge in [0.15, 0.2) is 11.9 Å². The van der Waals surface area contributed by atoms with E-state index in [0.717, 1.165) is 6.29 Å². The maximum absolute atomic E-state index is 13.2. The highest BCUT2D eigenvalue weighted by atomic mass is 16.6. The molecule has 3 aromatic rings. The highest BCUT2D eigenvalue weighted by molar-refractivity contribution is 5.94. The number of phenolic OH excluding ortho intramolecular Hbond substituents is 1. The van der Waals surface area contributed by atoms with E-state index in [1.54, 1.807) is 55.5 Å². The van der Waals surface area contributed by atoms with Crippen LogP contribution in [0.5, 0.6) is 5.75 Å². The van der Waals surface area contributed by atoms with Crippen molar-refractivity contribution in [1.29, 1.82) is 0 Å². The summed E-state index contributed by atoms with van der Waals surface area (Å²) in [6, 6.07) is 10.7. The number of hydrogen-bond acceptors (Lipinski definition) is 6. The van der Waals surface area contributed by atoms with Crippen molar-refractivity contribution in [2.45, 2.75) is 24.5 Å². The summed E-state index contributed by atoms with van der Waals surface area (Å²) in [7, 11) is 3.28. The van der Waals surface area contributed by atoms with E-state index in [1.807, 2.05) is 0 Å². The Hall–Kier alpha value is -3.72. The number of phenols is 1. The molecule has 2 aromatic carbocycles. The molecule has 0 saturated carbocycles. The molecule has 1 aliphatic heterocycles. The van der Waals surface area contributed by atoms with Gasteiger partial charge in [0.05, 0.1) is 21.9 Å². The summed E-state index contributed by atoms with van der Waals surface area (Å²) < 4.78 is 0. The number of fused-ring (bicyclic) bond motifs is 1. The normalized spacial score (nSPS) is 21.7. The summed E-state index contributed by atoms with van der Waals surface area (Å²) in [6.07, 6.45) is 2.83. The first-order valence-electron chi connectivity index (χ1n) is 9.76. The minimum Gasteiger partial charge on any atom is -0.508 e. The van der Waals surface area contributed by atoms with Crippen LogP contribution >= 0.6 is 0 Å². The Bertz CT molecular complexity index is 1190. The maximum atomic E-state index is 13.2. The molecule has 1 aromatic heterocycles. The lowest BCUT2D eigenvalue weighted by Gasteiger charge is -2.36. The second kappa shape index (κ2) is 7.51. The number of nitrogens with one attached hydrogen (secondary N) is 1. The van der Waals surface area contributed by atoms with Crippen LogP contribution in [-0.2, 0) is 22.4 Å². The zero-order valence-electron chi connectivity index (χ0n) is 17.1. The highest BCUT2D eigenvalue weighted by Crippen LogP contribution is 2.36. The van der Waals surface area contributed by atoms with Crippen LogP contribution in [0.25, 0.3) is 10.9 Å². The minimum absolute atomic E-state index is 0.0309. The van der Waals surface area contributed by atoms with E-state index in [-0.39, 0.29) is 30.2 Å². The Kier molecular flexibility index (Phi) is 4.98. The summed E-state index contributed by atoms with van der Waals surface area (Å²) in [6.45, 7) is 0. The number of aromatic nitrogens is 1. The molecule has 31 heavy (non-hydrogen) atoms. The van der Waals surface area contributed by atoms with Crippen molar-refractivity contribution in [1.82, 2.24) is 14.8 Å². The second-order valence-electron chi connectivity index (χ2n) is 7.84. The summed E-state index contributed by atoms with van der Waals surface area (Å²) in [5, 5.41) is 21.7. The molecule has 0 radical (unpaired) electrons. The Labute approximate surface area is 178 Å². The lowest BCUT2D eigenvalue weighted by Crippen LogP contribution is -2.55. The van der Waals surface area contributed by atoms with Gasteiger partial charge in [0, 0.05) is 25.7 Å². The summed E-state index contributed by atoms with van der Waals surface area (Å²) in [4.78, 5) is 42.7. The average Bonchev–Trinajstić information content (AvgIpc) is 3.23. The first-order valence-corrected chi connectivity index (χ1v) is 9.76. The van der Waals surface area contributed by atoms with Crippen molar-refractivity contribution in [3.05, 3.63) is 69.9 Å². The number of aldehydes is 1. The number of carbonyl (C=O) groups excluding carboxylic acids is 2. The predicted octanol–water partition coefficient (Wildman–Crippen LogP) is 2.23. The molecule has 0 bridgehead atoms. The zero-order valence-corrected chi connectivity index (χ0v) is 17.1. The average molecular weight is 422 g/mol. The number of aromatic hydroxyl groups is 1. The summed E-state index contributed by atoms with van der Waals surface area (Å²) in [5.74, 6) is -0.168. The summed E-state index contributed by atoms with van der Waals surface area (Å²) >= 11 is 0. The van der Waals surface area contributed by atoms with Crippen LogP contribution in [0, 0.1) is 10.1 Å². The number of likely N-dealkylation sites (N-methyl/N-ethyl adjacent to an activating group) is 2. The number of amides is 1. The monoisotopic (exact) mass is 422 g/mol. The molecule has 4 rings (SSSR count). The zero-order chi connectivity index (χ0) is 22.3.